The second kappa shape index (κ2) is 7.37. The van der Waals surface area contributed by atoms with E-state index in [0.29, 0.717) is 38.1 Å². The molecule has 0 unspecified atom stereocenters. The van der Waals surface area contributed by atoms with Crippen molar-refractivity contribution in [2.45, 2.75) is 0 Å². The van der Waals surface area contributed by atoms with E-state index in [1.54, 1.807) is 13.3 Å². The summed E-state index contributed by atoms with van der Waals surface area (Å²) >= 11 is 3.28. The topological polar surface area (TPSA) is 82.3 Å². The van der Waals surface area contributed by atoms with Gasteiger partial charge < -0.3 is 20.5 Å². The molecule has 3 N–H and O–H groups in total. The fourth-order valence-electron chi connectivity index (χ4n) is 1.00. The fraction of sp³-hybridized carbons (Fsp3) is 0.556. The quantitative estimate of drug-likeness (QED) is 0.717. The van der Waals surface area contributed by atoms with E-state index in [1.807, 2.05) is 0 Å². The second-order valence-corrected chi connectivity index (χ2v) is 3.73. The van der Waals surface area contributed by atoms with Gasteiger partial charge in [0.2, 0.25) is 11.8 Å². The number of rotatable bonds is 7. The Labute approximate surface area is 103 Å². The van der Waals surface area contributed by atoms with Gasteiger partial charge in [-0.15, -0.1) is 0 Å². The first-order valence-corrected chi connectivity index (χ1v) is 5.65. The molecule has 1 aromatic heterocycles. The Hall–Kier alpha value is -0.920. The standard InChI is InChI=1S/C9H15BrN4O2/c1-15-8-7(10)6-13-9(14-8)12-3-5-16-4-2-11/h6H,2-5,11H2,1H3,(H,12,13,14). The molecule has 0 fully saturated rings. The number of anilines is 1. The van der Waals surface area contributed by atoms with Crippen LogP contribution in [0.4, 0.5) is 5.95 Å². The first kappa shape index (κ1) is 13.1. The first-order chi connectivity index (χ1) is 7.77. The van der Waals surface area contributed by atoms with Crippen LogP contribution in [0.1, 0.15) is 0 Å². The number of halogens is 1. The van der Waals surface area contributed by atoms with E-state index in [-0.39, 0.29) is 0 Å². The highest BCUT2D eigenvalue weighted by atomic mass is 79.9. The molecule has 0 radical (unpaired) electrons. The van der Waals surface area contributed by atoms with Crippen LogP contribution in [0.25, 0.3) is 0 Å². The van der Waals surface area contributed by atoms with Crippen molar-refractivity contribution in [3.8, 4) is 5.88 Å². The summed E-state index contributed by atoms with van der Waals surface area (Å²) < 4.78 is 11.0. The number of aromatic nitrogens is 2. The third-order valence-corrected chi connectivity index (χ3v) is 2.24. The smallest absolute Gasteiger partial charge is 0.232 e. The molecule has 0 aliphatic carbocycles. The summed E-state index contributed by atoms with van der Waals surface area (Å²) in [6.07, 6.45) is 1.63. The van der Waals surface area contributed by atoms with Gasteiger partial charge in [-0.25, -0.2) is 4.98 Å². The first-order valence-electron chi connectivity index (χ1n) is 4.86. The molecule has 0 bridgehead atoms. The molecule has 1 aromatic rings. The number of nitrogens with one attached hydrogen (secondary N) is 1. The van der Waals surface area contributed by atoms with Gasteiger partial charge in [-0.05, 0) is 15.9 Å². The van der Waals surface area contributed by atoms with E-state index in [9.17, 15) is 0 Å². The summed E-state index contributed by atoms with van der Waals surface area (Å²) in [6, 6.07) is 0. The molecule has 6 nitrogen and oxygen atoms in total. The van der Waals surface area contributed by atoms with Crippen LogP contribution in [0.5, 0.6) is 5.88 Å². The van der Waals surface area contributed by atoms with Crippen molar-refractivity contribution in [3.63, 3.8) is 0 Å². The Morgan fingerprint density at radius 1 is 1.50 bits per heavy atom. The van der Waals surface area contributed by atoms with Crippen molar-refractivity contribution < 1.29 is 9.47 Å². The van der Waals surface area contributed by atoms with Crippen LogP contribution in [0.15, 0.2) is 10.7 Å². The zero-order valence-corrected chi connectivity index (χ0v) is 10.7. The van der Waals surface area contributed by atoms with Crippen LogP contribution in [0, 0.1) is 0 Å². The van der Waals surface area contributed by atoms with Gasteiger partial charge in [-0.1, -0.05) is 0 Å². The number of nitrogens with zero attached hydrogens (tertiary/aromatic N) is 2. The molecule has 0 aliphatic rings. The highest BCUT2D eigenvalue weighted by Gasteiger charge is 2.03. The molecule has 0 saturated carbocycles. The highest BCUT2D eigenvalue weighted by Crippen LogP contribution is 2.21. The van der Waals surface area contributed by atoms with Crippen LogP contribution in [0.3, 0.4) is 0 Å². The van der Waals surface area contributed by atoms with Crippen LogP contribution >= 0.6 is 15.9 Å². The summed E-state index contributed by atoms with van der Waals surface area (Å²) in [6.45, 7) is 2.29. The summed E-state index contributed by atoms with van der Waals surface area (Å²) in [5, 5.41) is 3.02. The lowest BCUT2D eigenvalue weighted by Gasteiger charge is -2.07. The molecule has 0 amide bonds. The minimum absolute atomic E-state index is 0.500. The van der Waals surface area contributed by atoms with E-state index in [2.05, 4.69) is 31.2 Å². The number of nitrogens with two attached hydrogens (primary N) is 1. The van der Waals surface area contributed by atoms with Gasteiger partial charge in [-0.3, -0.25) is 0 Å². The van der Waals surface area contributed by atoms with Crippen LogP contribution < -0.4 is 15.8 Å². The van der Waals surface area contributed by atoms with Crippen LogP contribution in [-0.4, -0.2) is 43.4 Å². The lowest BCUT2D eigenvalue weighted by Crippen LogP contribution is -2.15. The van der Waals surface area contributed by atoms with Gasteiger partial charge in [-0.2, -0.15) is 4.98 Å². The molecular formula is C9H15BrN4O2. The predicted octanol–water partition coefficient (Wildman–Crippen LogP) is 0.635. The fourth-order valence-corrected chi connectivity index (χ4v) is 1.35. The zero-order valence-electron chi connectivity index (χ0n) is 9.07. The Kier molecular flexibility index (Phi) is 6.05. The van der Waals surface area contributed by atoms with Crippen molar-refractivity contribution in [1.82, 2.24) is 9.97 Å². The number of hydrogen-bond donors (Lipinski definition) is 2. The second-order valence-electron chi connectivity index (χ2n) is 2.88. The van der Waals surface area contributed by atoms with Gasteiger partial charge in [0.15, 0.2) is 0 Å². The van der Waals surface area contributed by atoms with E-state index >= 15 is 0 Å². The number of methoxy groups -OCH3 is 1. The van der Waals surface area contributed by atoms with Crippen molar-refractivity contribution >= 4 is 21.9 Å². The molecule has 1 heterocycles. The maximum Gasteiger partial charge on any atom is 0.232 e. The molecule has 0 aromatic carbocycles. The summed E-state index contributed by atoms with van der Waals surface area (Å²) in [4.78, 5) is 8.21. The molecule has 16 heavy (non-hydrogen) atoms. The highest BCUT2D eigenvalue weighted by molar-refractivity contribution is 9.10. The molecule has 0 saturated heterocycles. The molecular weight excluding hydrogens is 276 g/mol. The van der Waals surface area contributed by atoms with Crippen molar-refractivity contribution in [2.75, 3.05) is 38.7 Å². The Bertz CT molecular complexity index is 324. The van der Waals surface area contributed by atoms with E-state index in [1.165, 1.54) is 0 Å². The molecule has 90 valence electrons. The minimum Gasteiger partial charge on any atom is -0.480 e. The van der Waals surface area contributed by atoms with Gasteiger partial charge in [0.25, 0.3) is 0 Å². The van der Waals surface area contributed by atoms with Gasteiger partial charge in [0.05, 0.1) is 31.0 Å². The van der Waals surface area contributed by atoms with Crippen molar-refractivity contribution in [2.24, 2.45) is 5.73 Å². The largest absolute Gasteiger partial charge is 0.480 e. The normalized spacial score (nSPS) is 10.2. The number of ether oxygens (including phenoxy) is 2. The van der Waals surface area contributed by atoms with Crippen LogP contribution in [-0.2, 0) is 4.74 Å². The lowest BCUT2D eigenvalue weighted by atomic mass is 10.6. The molecule has 7 heteroatoms. The Balaban J connectivity index is 2.36. The van der Waals surface area contributed by atoms with Gasteiger partial charge in [0.1, 0.15) is 0 Å². The van der Waals surface area contributed by atoms with Crippen molar-refractivity contribution in [3.05, 3.63) is 10.7 Å². The van der Waals surface area contributed by atoms with E-state index in [4.69, 9.17) is 15.2 Å². The van der Waals surface area contributed by atoms with E-state index in [0.717, 1.165) is 4.47 Å². The summed E-state index contributed by atoms with van der Waals surface area (Å²) in [5.74, 6) is 1.01. The number of hydrogen-bond acceptors (Lipinski definition) is 6. The molecule has 0 aliphatic heterocycles. The van der Waals surface area contributed by atoms with Crippen LogP contribution in [0.2, 0.25) is 0 Å². The van der Waals surface area contributed by atoms with Gasteiger partial charge in [0, 0.05) is 13.1 Å². The SMILES string of the molecule is COc1nc(NCCOCCN)ncc1Br. The molecule has 0 atom stereocenters. The zero-order chi connectivity index (χ0) is 11.8. The maximum atomic E-state index is 5.28. The summed E-state index contributed by atoms with van der Waals surface area (Å²) in [5.41, 5.74) is 5.28. The monoisotopic (exact) mass is 290 g/mol. The average Bonchev–Trinajstić information content (AvgIpc) is 2.31. The minimum atomic E-state index is 0.500. The third-order valence-electron chi connectivity index (χ3n) is 1.70. The maximum absolute atomic E-state index is 5.28. The molecule has 1 rings (SSSR count). The summed E-state index contributed by atoms with van der Waals surface area (Å²) in [7, 11) is 1.56. The third kappa shape index (κ3) is 4.30. The predicted molar refractivity (Wildman–Crippen MR) is 64.6 cm³/mol. The molecule has 0 spiro atoms. The Morgan fingerprint density at radius 2 is 2.31 bits per heavy atom. The lowest BCUT2D eigenvalue weighted by molar-refractivity contribution is 0.151. The average molecular weight is 291 g/mol. The Morgan fingerprint density at radius 3 is 3.00 bits per heavy atom. The van der Waals surface area contributed by atoms with E-state index < -0.39 is 0 Å². The van der Waals surface area contributed by atoms with Crippen molar-refractivity contribution in [1.29, 1.82) is 0 Å². The van der Waals surface area contributed by atoms with Gasteiger partial charge >= 0.3 is 0 Å².